The predicted molar refractivity (Wildman–Crippen MR) is 579 cm³/mol. The fraction of sp³-hybridized carbons (Fsp3) is 0.796. The average molecular weight is 2110 g/mol. The first-order chi connectivity index (χ1) is 69.3. The minimum atomic E-state index is -1.89. The molecule has 0 aliphatic carbocycles. The number of hydrogen-bond donors (Lipinski definition) is 10. The molecule has 11 N–H and O–H groups in total. The molecule has 13 fully saturated rings. The molecule has 40 nitrogen and oxygen atoms in total. The third kappa shape index (κ3) is 41.5. The SMILES string of the molecule is C=CCON.C=CCON1C(=O)N2C[C@H]1[C@@H](O)C[C@H]2CO.C=CCON1C(=O)N2C[C@H]1[C@@H](O[Si](C)(C)C(C)(C)C)C[C@H]2CC.C=CCON[C@H]1CN([B]C=O)[C@H](CC)C[C@@H]1O.C=CCON[C@H]1CN([B]C=O)[C@H](CC)C[C@@H]1O[Si](C)(C)C(C)(C)C.C=CCON[C@H]1CN[C@H](CC)C[C@@H]1O[Si](C)(C)C(C)(C)C.CC[C@@H]1C[C@@H]2O[C@@H]2CN1[B]C=O.CO.COC(=O)[C@@H]1C[C@@H]2O[C@@H]2CN1[B]C=O.O=C[B]N1C[C@H]2O[C@H]2C[C@H]1CO. The molecule has 13 aliphatic heterocycles. The van der Waals surface area contributed by atoms with E-state index in [1.807, 2.05) is 21.4 Å². The number of epoxide rings is 3. The van der Waals surface area contributed by atoms with Gasteiger partial charge in [0, 0.05) is 102 Å². The van der Waals surface area contributed by atoms with E-state index in [1.54, 1.807) is 61.0 Å². The van der Waals surface area contributed by atoms with Crippen LogP contribution in [0, 0.1) is 0 Å². The monoisotopic (exact) mass is 2110 g/mol. The van der Waals surface area contributed by atoms with Crippen LogP contribution in [0.1, 0.15) is 180 Å². The summed E-state index contributed by atoms with van der Waals surface area (Å²) in [6.07, 6.45) is 26.4. The molecule has 0 spiro atoms. The second kappa shape index (κ2) is 66.7. The van der Waals surface area contributed by atoms with E-state index in [9.17, 15) is 48.6 Å². The number of rotatable bonds is 44. The highest BCUT2D eigenvalue weighted by atomic mass is 28.4. The molecule has 13 aliphatic rings. The van der Waals surface area contributed by atoms with Gasteiger partial charge in [-0.15, -0.1) is 39.5 Å². The summed E-state index contributed by atoms with van der Waals surface area (Å²) in [5.41, 5.74) is 9.09. The summed E-state index contributed by atoms with van der Waals surface area (Å²) < 4.78 is 40.7. The molecule has 4 bridgehead atoms. The van der Waals surface area contributed by atoms with Gasteiger partial charge in [0.05, 0.1) is 182 Å². The number of fused-ring (bicyclic) bond motifs is 7. The van der Waals surface area contributed by atoms with Gasteiger partial charge < -0.3 is 126 Å². The zero-order valence-electron chi connectivity index (χ0n) is 91.8. The van der Waals surface area contributed by atoms with E-state index >= 15 is 0 Å². The van der Waals surface area contributed by atoms with E-state index in [0.717, 1.165) is 116 Å². The first-order valence-electron chi connectivity index (χ1n) is 51.9. The smallest absolute Gasteiger partial charge is 0.344 e. The molecule has 4 amide bonds. The predicted octanol–water partition coefficient (Wildman–Crippen LogP) is 5.97. The van der Waals surface area contributed by atoms with Crippen molar-refractivity contribution in [2.75, 3.05) is 119 Å². The van der Waals surface area contributed by atoms with Crippen molar-refractivity contribution in [3.63, 3.8) is 0 Å². The zero-order chi connectivity index (χ0) is 110. The van der Waals surface area contributed by atoms with E-state index in [-0.39, 0.29) is 144 Å². The Morgan fingerprint density at radius 1 is 0.432 bits per heavy atom. The summed E-state index contributed by atoms with van der Waals surface area (Å²) in [6.45, 7) is 74.0. The van der Waals surface area contributed by atoms with Crippen molar-refractivity contribution in [1.29, 1.82) is 0 Å². The third-order valence-electron chi connectivity index (χ3n) is 29.8. The molecule has 13 rings (SSSR count). The Bertz CT molecular complexity index is 3830. The Morgan fingerprint density at radius 2 is 0.781 bits per heavy atom. The van der Waals surface area contributed by atoms with Crippen LogP contribution in [0.15, 0.2) is 75.9 Å². The maximum absolute atomic E-state index is 12.6. The van der Waals surface area contributed by atoms with E-state index in [1.165, 1.54) is 39.5 Å². The number of nitrogens with two attached hydrogens (primary N) is 1. The number of hydrogen-bond acceptors (Lipinski definition) is 36. The lowest BCUT2D eigenvalue weighted by Gasteiger charge is -2.47. The van der Waals surface area contributed by atoms with Crippen LogP contribution in [0.3, 0.4) is 0 Å². The van der Waals surface area contributed by atoms with Gasteiger partial charge in [-0.2, -0.15) is 26.6 Å². The number of aliphatic hydroxyl groups excluding tert-OH is 5. The van der Waals surface area contributed by atoms with Crippen LogP contribution in [0.2, 0.25) is 54.4 Å². The van der Waals surface area contributed by atoms with Crippen LogP contribution >= 0.6 is 0 Å². The highest BCUT2D eigenvalue weighted by molar-refractivity contribution is 6.75. The van der Waals surface area contributed by atoms with Crippen LogP contribution in [0.5, 0.6) is 0 Å². The molecule has 0 saturated carbocycles. The van der Waals surface area contributed by atoms with Gasteiger partial charge in [-0.1, -0.05) is 133 Å². The fourth-order valence-corrected chi connectivity index (χ4v) is 22.2. The second-order valence-electron chi connectivity index (χ2n) is 42.7. The number of nitrogens with zero attached hydrogens (tertiary/aromatic N) is 9. The molecule has 146 heavy (non-hydrogen) atoms. The first-order valence-corrected chi connectivity index (χ1v) is 60.6. The second-order valence-corrected chi connectivity index (χ2v) is 57.0. The summed E-state index contributed by atoms with van der Waals surface area (Å²) in [4.78, 5) is 133. The molecular weight excluding hydrogens is 1930 g/mol. The number of carbonyl (C=O) groups excluding carboxylic acids is 8. The van der Waals surface area contributed by atoms with Gasteiger partial charge in [0.15, 0.2) is 25.0 Å². The number of hydroxylamine groups is 7. The van der Waals surface area contributed by atoms with Gasteiger partial charge in [0.2, 0.25) is 0 Å². The number of urea groups is 2. The lowest BCUT2D eigenvalue weighted by Crippen LogP contribution is -2.61. The van der Waals surface area contributed by atoms with Crippen molar-refractivity contribution in [2.45, 2.75) is 380 Å². The quantitative estimate of drug-likeness (QED) is 0.00639. The third-order valence-corrected chi connectivity index (χ3v) is 43.3. The molecule has 0 aromatic heterocycles. The number of piperidine rings is 8. The Labute approximate surface area is 878 Å². The van der Waals surface area contributed by atoms with Crippen molar-refractivity contribution in [3.8, 4) is 0 Å². The van der Waals surface area contributed by atoms with Crippen LogP contribution in [-0.2, 0) is 90.0 Å². The summed E-state index contributed by atoms with van der Waals surface area (Å²) in [5, 5.41) is 51.8. The number of carbonyl (C=O) groups is 8. The summed E-state index contributed by atoms with van der Waals surface area (Å²) in [6, 6.07) is 0.595. The lowest BCUT2D eigenvalue weighted by atomic mass is 9.83. The van der Waals surface area contributed by atoms with Crippen molar-refractivity contribution in [3.05, 3.63) is 75.9 Å². The van der Waals surface area contributed by atoms with E-state index in [2.05, 4.69) is 216 Å². The van der Waals surface area contributed by atoms with E-state index in [4.69, 9.17) is 67.0 Å². The number of methoxy groups -OCH3 is 1. The van der Waals surface area contributed by atoms with Crippen LogP contribution in [0.4, 0.5) is 9.59 Å². The van der Waals surface area contributed by atoms with Crippen LogP contribution in [-0.4, -0.2) is 446 Å². The lowest BCUT2D eigenvalue weighted by molar-refractivity contribution is -0.145. The largest absolute Gasteiger partial charge is 0.468 e. The van der Waals surface area contributed by atoms with Crippen molar-refractivity contribution in [2.24, 2.45) is 5.90 Å². The van der Waals surface area contributed by atoms with Gasteiger partial charge in [0.25, 0.3) is 37.1 Å². The summed E-state index contributed by atoms with van der Waals surface area (Å²) in [5.74, 6) is 4.26. The van der Waals surface area contributed by atoms with Gasteiger partial charge >= 0.3 is 18.0 Å². The normalized spacial score (nSPS) is 30.2. The topological polar surface area (TPSA) is 471 Å². The minimum Gasteiger partial charge on any atom is -0.468 e. The molecule has 0 unspecified atom stereocenters. The number of amides is 4. The van der Waals surface area contributed by atoms with Crippen LogP contribution < -0.4 is 27.7 Å². The standard InChI is InChI=1S/C17H34BN2O3Si.C17H32N2O3Si.C16H34N2O2Si.C11H20BN2O3.C10H16N2O4.C8H11BNO4.C8H13BNO2.C7H11BNO3.C3H7NO.CH4O/c1-8-10-22-19-15-12-20(18-13-21)14(9-2)11-16(15)23-24(6,7)17(3,4)5;1-8-10-21-19-14-12-18(16(19)20)13(9-2)11-15(14)22-23(6,7)17(3,4)5;1-8-10-19-18-14-12-17-13(9-2)11-15(14)20-21(6,7)16(3,4)5;1-3-5-17-13-10-7-14(12-8-15)9(4-2)6-11(10)16;1-2-3-16-12-8-5-11(10(12)15)7(6-13)4-9(8)14;1-13-8(12)5-2-6-7(14-6)3-10(5)9-4-11;1-2-6-3-7-8(12-7)4-10(6)9-5-11;10-3-5-1-6-7(12-6)2-9(5)8-4-11;1-2-3-5-4;1-2/h8,13-16,19H,1,9-12H2,2-7H3;8,13-15H,1,9-12H2,2-7H3;8,13-15,17-18H,1,9-12H2,2-7H3;3,8-11,13,16H,1,4-7H2,2H3;2,7-9,13-14H,1,3-6H2;4-7H,2-3H2,1H3;5-8H,2-4H2,1H3;4-7,10H,1-3H2;2H,1,3-4H2;2H,1H3/t14-,15+,16+;2*13-,14+,15+;9-,10+,11+;7-,8-,9-;5-,6-,7+;6-,7+,8-;5-,6-,7+;;/m11110010../s1. The summed E-state index contributed by atoms with van der Waals surface area (Å²) >= 11 is 0. The molecule has 24 atom stereocenters. The Morgan fingerprint density at radius 3 is 1.19 bits per heavy atom. The highest BCUT2D eigenvalue weighted by Crippen LogP contribution is 2.45. The summed E-state index contributed by atoms with van der Waals surface area (Å²) in [7, 11) is 4.49. The molecule has 827 valence electrons. The highest BCUT2D eigenvalue weighted by Gasteiger charge is 2.56. The average Bonchev–Trinajstić information content (AvgIpc) is 1.60. The van der Waals surface area contributed by atoms with Crippen LogP contribution in [0.25, 0.3) is 0 Å². The van der Waals surface area contributed by atoms with Crippen molar-refractivity contribution < 1.29 is 125 Å². The Kier molecular flexibility index (Phi) is 60.8. The number of aliphatic hydroxyl groups is 5. The van der Waals surface area contributed by atoms with Gasteiger partial charge in [-0.25, -0.2) is 15.5 Å². The molecule has 48 heteroatoms. The zero-order valence-corrected chi connectivity index (χ0v) is 94.8. The molecule has 5 radical (unpaired) electrons. The fourth-order valence-electron chi connectivity index (χ4n) is 18.0. The van der Waals surface area contributed by atoms with Crippen molar-refractivity contribution in [1.82, 2.24) is 65.7 Å². The van der Waals surface area contributed by atoms with Gasteiger partial charge in [0.1, 0.15) is 18.1 Å². The van der Waals surface area contributed by atoms with Gasteiger partial charge in [-0.05, 0) is 131 Å². The minimum absolute atomic E-state index is 0.0145. The Balaban J connectivity index is 0.000000347. The first kappa shape index (κ1) is 133. The number of nitrogens with one attached hydrogen (secondary N) is 4. The van der Waals surface area contributed by atoms with E-state index in [0.29, 0.717) is 134 Å². The molecule has 13 saturated heterocycles. The molecule has 0 aromatic rings. The molecule has 0 aromatic carbocycles. The number of ether oxygens (including phenoxy) is 4. The maximum Gasteiger partial charge on any atom is 0.344 e. The van der Waals surface area contributed by atoms with Crippen molar-refractivity contribution >= 4 is 111 Å². The molecule has 13 heterocycles. The van der Waals surface area contributed by atoms with Gasteiger partial charge in [-0.3, -0.25) is 29.0 Å². The number of esters is 1. The Hall–Kier alpha value is -5.30. The molecular formula is C98H182B5N14O26Si3. The maximum atomic E-state index is 12.6. The van der Waals surface area contributed by atoms with E-state index < -0.39 is 37.2 Å².